The third kappa shape index (κ3) is 1.37. The van der Waals surface area contributed by atoms with Crippen molar-refractivity contribution in [3.05, 3.63) is 35.1 Å². The van der Waals surface area contributed by atoms with Crippen LogP contribution in [0.15, 0.2) is 35.1 Å². The van der Waals surface area contributed by atoms with E-state index in [2.05, 4.69) is 32.1 Å². The van der Waals surface area contributed by atoms with Crippen LogP contribution in [0.1, 0.15) is 33.1 Å². The SMILES string of the molecule is CC1=CC2=C(OC3CCC=CC23)C(C)C1. The van der Waals surface area contributed by atoms with Gasteiger partial charge in [-0.2, -0.15) is 0 Å². The van der Waals surface area contributed by atoms with E-state index in [1.807, 2.05) is 0 Å². The second kappa shape index (κ2) is 3.26. The lowest BCUT2D eigenvalue weighted by atomic mass is 9.82. The highest BCUT2D eigenvalue weighted by Gasteiger charge is 2.38. The molecule has 0 spiro atoms. The van der Waals surface area contributed by atoms with Crippen molar-refractivity contribution >= 4 is 0 Å². The van der Waals surface area contributed by atoms with E-state index in [1.165, 1.54) is 36.2 Å². The minimum absolute atomic E-state index is 0.435. The molecule has 0 N–H and O–H groups in total. The minimum Gasteiger partial charge on any atom is -0.493 e. The van der Waals surface area contributed by atoms with Gasteiger partial charge in [-0.15, -0.1) is 0 Å². The van der Waals surface area contributed by atoms with Crippen LogP contribution in [0.4, 0.5) is 0 Å². The van der Waals surface area contributed by atoms with Gasteiger partial charge in [0.1, 0.15) is 11.9 Å². The first-order valence-electron chi connectivity index (χ1n) is 6.00. The zero-order valence-electron chi connectivity index (χ0n) is 9.49. The van der Waals surface area contributed by atoms with Crippen molar-refractivity contribution in [1.29, 1.82) is 0 Å². The summed E-state index contributed by atoms with van der Waals surface area (Å²) in [6.45, 7) is 4.52. The van der Waals surface area contributed by atoms with Gasteiger partial charge in [0, 0.05) is 17.4 Å². The number of fused-ring (bicyclic) bond motifs is 2. The summed E-state index contributed by atoms with van der Waals surface area (Å²) in [5.74, 6) is 2.41. The van der Waals surface area contributed by atoms with Crippen LogP contribution in [0.25, 0.3) is 0 Å². The van der Waals surface area contributed by atoms with E-state index >= 15 is 0 Å². The Kier molecular flexibility index (Phi) is 2.01. The summed E-state index contributed by atoms with van der Waals surface area (Å²) in [5.41, 5.74) is 2.97. The van der Waals surface area contributed by atoms with Crippen molar-refractivity contribution in [3.8, 4) is 0 Å². The van der Waals surface area contributed by atoms with Crippen LogP contribution in [0.5, 0.6) is 0 Å². The van der Waals surface area contributed by atoms with E-state index in [9.17, 15) is 0 Å². The van der Waals surface area contributed by atoms with Gasteiger partial charge in [-0.1, -0.05) is 30.7 Å². The number of ether oxygens (including phenoxy) is 1. The lowest BCUT2D eigenvalue weighted by Gasteiger charge is -2.20. The summed E-state index contributed by atoms with van der Waals surface area (Å²) in [5, 5.41) is 0. The van der Waals surface area contributed by atoms with E-state index in [0.29, 0.717) is 17.9 Å². The average molecular weight is 202 g/mol. The maximum atomic E-state index is 6.11. The Morgan fingerprint density at radius 1 is 1.40 bits per heavy atom. The third-order valence-corrected chi connectivity index (χ3v) is 3.76. The van der Waals surface area contributed by atoms with E-state index in [4.69, 9.17) is 4.74 Å². The molecule has 3 rings (SSSR count). The zero-order valence-corrected chi connectivity index (χ0v) is 9.49. The van der Waals surface area contributed by atoms with Crippen LogP contribution in [-0.4, -0.2) is 6.10 Å². The fraction of sp³-hybridized carbons (Fsp3) is 0.571. The summed E-state index contributed by atoms with van der Waals surface area (Å²) in [7, 11) is 0. The molecule has 0 fully saturated rings. The molecule has 0 radical (unpaired) electrons. The van der Waals surface area contributed by atoms with Crippen molar-refractivity contribution in [2.24, 2.45) is 11.8 Å². The summed E-state index contributed by atoms with van der Waals surface area (Å²) in [6.07, 6.45) is 11.0. The Balaban J connectivity index is 2.00. The average Bonchev–Trinajstić information content (AvgIpc) is 2.57. The molecule has 0 saturated carbocycles. The molecule has 1 heterocycles. The molecule has 1 aliphatic heterocycles. The predicted molar refractivity (Wildman–Crippen MR) is 61.3 cm³/mol. The quantitative estimate of drug-likeness (QED) is 0.545. The van der Waals surface area contributed by atoms with Gasteiger partial charge < -0.3 is 4.74 Å². The fourth-order valence-electron chi connectivity index (χ4n) is 3.11. The molecule has 2 aliphatic carbocycles. The number of hydrogen-bond acceptors (Lipinski definition) is 1. The number of allylic oxidation sites excluding steroid dienone is 4. The van der Waals surface area contributed by atoms with Gasteiger partial charge in [0.2, 0.25) is 0 Å². The molecule has 3 atom stereocenters. The molecule has 1 nitrogen and oxygen atoms in total. The van der Waals surface area contributed by atoms with E-state index in [-0.39, 0.29) is 0 Å². The normalized spacial score (nSPS) is 38.3. The van der Waals surface area contributed by atoms with Gasteiger partial charge in [-0.3, -0.25) is 0 Å². The summed E-state index contributed by atoms with van der Waals surface area (Å²) in [4.78, 5) is 0. The van der Waals surface area contributed by atoms with Gasteiger partial charge in [0.15, 0.2) is 0 Å². The van der Waals surface area contributed by atoms with Crippen LogP contribution in [0, 0.1) is 11.8 Å². The van der Waals surface area contributed by atoms with E-state index < -0.39 is 0 Å². The molecule has 0 amide bonds. The molecular weight excluding hydrogens is 184 g/mol. The molecule has 0 aromatic carbocycles. The molecule has 80 valence electrons. The first-order chi connectivity index (χ1) is 7.25. The van der Waals surface area contributed by atoms with Crippen LogP contribution in [-0.2, 0) is 4.74 Å². The topological polar surface area (TPSA) is 9.23 Å². The maximum absolute atomic E-state index is 6.11. The largest absolute Gasteiger partial charge is 0.493 e. The Morgan fingerprint density at radius 3 is 3.13 bits per heavy atom. The molecule has 15 heavy (non-hydrogen) atoms. The van der Waals surface area contributed by atoms with Crippen molar-refractivity contribution in [2.45, 2.75) is 39.2 Å². The Morgan fingerprint density at radius 2 is 2.27 bits per heavy atom. The minimum atomic E-state index is 0.435. The van der Waals surface area contributed by atoms with E-state index in [0.717, 1.165) is 0 Å². The Labute approximate surface area is 91.5 Å². The van der Waals surface area contributed by atoms with Crippen molar-refractivity contribution in [3.63, 3.8) is 0 Å². The van der Waals surface area contributed by atoms with Crippen LogP contribution < -0.4 is 0 Å². The van der Waals surface area contributed by atoms with Crippen molar-refractivity contribution in [1.82, 2.24) is 0 Å². The zero-order chi connectivity index (χ0) is 10.4. The summed E-state index contributed by atoms with van der Waals surface area (Å²) >= 11 is 0. The van der Waals surface area contributed by atoms with Gasteiger partial charge in [0.25, 0.3) is 0 Å². The first-order valence-corrected chi connectivity index (χ1v) is 6.00. The van der Waals surface area contributed by atoms with Gasteiger partial charge in [0.05, 0.1) is 0 Å². The number of rotatable bonds is 0. The maximum Gasteiger partial charge on any atom is 0.109 e. The smallest absolute Gasteiger partial charge is 0.109 e. The summed E-state index contributed by atoms with van der Waals surface area (Å²) in [6, 6.07) is 0. The Hall–Kier alpha value is -0.980. The second-order valence-electron chi connectivity index (χ2n) is 5.10. The molecule has 3 unspecified atom stereocenters. The van der Waals surface area contributed by atoms with E-state index in [1.54, 1.807) is 0 Å². The third-order valence-electron chi connectivity index (χ3n) is 3.76. The molecule has 0 aromatic heterocycles. The highest BCUT2D eigenvalue weighted by Crippen LogP contribution is 2.44. The highest BCUT2D eigenvalue weighted by molar-refractivity contribution is 5.40. The van der Waals surface area contributed by atoms with Gasteiger partial charge in [-0.05, 0) is 26.2 Å². The van der Waals surface area contributed by atoms with Gasteiger partial charge in [-0.25, -0.2) is 0 Å². The molecular formula is C14H18O. The second-order valence-corrected chi connectivity index (χ2v) is 5.10. The van der Waals surface area contributed by atoms with Gasteiger partial charge >= 0.3 is 0 Å². The summed E-state index contributed by atoms with van der Waals surface area (Å²) < 4.78 is 6.11. The van der Waals surface area contributed by atoms with Crippen LogP contribution in [0.3, 0.4) is 0 Å². The standard InChI is InChI=1S/C14H18O/c1-9-7-10(2)14-12(8-9)11-5-3-4-6-13(11)15-14/h3,5,8,10-11,13H,4,6-7H2,1-2H3. The van der Waals surface area contributed by atoms with Crippen molar-refractivity contribution < 1.29 is 4.74 Å². The van der Waals surface area contributed by atoms with Crippen LogP contribution >= 0.6 is 0 Å². The molecule has 1 heteroatoms. The highest BCUT2D eigenvalue weighted by atomic mass is 16.5. The lowest BCUT2D eigenvalue weighted by molar-refractivity contribution is 0.0964. The lowest BCUT2D eigenvalue weighted by Crippen LogP contribution is -2.19. The van der Waals surface area contributed by atoms with Crippen LogP contribution in [0.2, 0.25) is 0 Å². The Bertz CT molecular complexity index is 373. The molecule has 3 aliphatic rings. The molecule has 0 aromatic rings. The van der Waals surface area contributed by atoms with Crippen molar-refractivity contribution in [2.75, 3.05) is 0 Å². The molecule has 0 bridgehead atoms. The number of hydrogen-bond donors (Lipinski definition) is 0. The monoisotopic (exact) mass is 202 g/mol. The fourth-order valence-corrected chi connectivity index (χ4v) is 3.11. The predicted octanol–water partition coefficient (Wildman–Crippen LogP) is 3.59. The first kappa shape index (κ1) is 9.26. The molecule has 0 saturated heterocycles.